The monoisotopic (exact) mass is 288 g/mol. The number of para-hydroxylation sites is 2. The van der Waals surface area contributed by atoms with Gasteiger partial charge in [0, 0.05) is 12.6 Å². The van der Waals surface area contributed by atoms with Gasteiger partial charge in [-0.05, 0) is 56.7 Å². The largest absolute Gasteiger partial charge is 0.491 e. The van der Waals surface area contributed by atoms with Gasteiger partial charge in [-0.15, -0.1) is 0 Å². The molecule has 0 radical (unpaired) electrons. The van der Waals surface area contributed by atoms with E-state index in [1.807, 2.05) is 24.3 Å². The first-order valence-corrected chi connectivity index (χ1v) is 8.56. The minimum Gasteiger partial charge on any atom is -0.491 e. The number of likely N-dealkylation sites (tertiary alicyclic amines) is 1. The van der Waals surface area contributed by atoms with Crippen molar-refractivity contribution in [3.63, 3.8) is 0 Å². The molecule has 1 aromatic rings. The molecule has 0 aromatic heterocycles. The van der Waals surface area contributed by atoms with Gasteiger partial charge in [-0.25, -0.2) is 0 Å². The van der Waals surface area contributed by atoms with E-state index >= 15 is 0 Å². The molecule has 1 aliphatic carbocycles. The Morgan fingerprint density at radius 3 is 2.81 bits per heavy atom. The smallest absolute Gasteiger partial charge is 0.142 e. The van der Waals surface area contributed by atoms with Crippen molar-refractivity contribution in [2.75, 3.05) is 25.4 Å². The van der Waals surface area contributed by atoms with Crippen molar-refractivity contribution in [3.05, 3.63) is 24.3 Å². The van der Waals surface area contributed by atoms with Crippen LogP contribution in [0.25, 0.3) is 0 Å². The van der Waals surface area contributed by atoms with Crippen molar-refractivity contribution in [1.82, 2.24) is 4.90 Å². The van der Waals surface area contributed by atoms with Crippen LogP contribution in [0.1, 0.15) is 44.9 Å². The normalized spacial score (nSPS) is 26.3. The number of nitrogens with two attached hydrogens (primary N) is 1. The zero-order valence-corrected chi connectivity index (χ0v) is 13.0. The molecule has 2 atom stereocenters. The van der Waals surface area contributed by atoms with Crippen LogP contribution in [0.5, 0.6) is 5.75 Å². The summed E-state index contributed by atoms with van der Waals surface area (Å²) in [6.07, 6.45) is 9.68. The highest BCUT2D eigenvalue weighted by Crippen LogP contribution is 2.35. The fraction of sp³-hybridized carbons (Fsp3) is 0.667. The van der Waals surface area contributed by atoms with Gasteiger partial charge in [0.1, 0.15) is 5.75 Å². The number of hydrogen-bond acceptors (Lipinski definition) is 3. The zero-order valence-electron chi connectivity index (χ0n) is 13.0. The molecule has 21 heavy (non-hydrogen) atoms. The molecular weight excluding hydrogens is 260 g/mol. The molecule has 0 unspecified atom stereocenters. The van der Waals surface area contributed by atoms with Crippen LogP contribution in [0.4, 0.5) is 5.69 Å². The number of hydrogen-bond donors (Lipinski definition) is 1. The van der Waals surface area contributed by atoms with Gasteiger partial charge in [-0.1, -0.05) is 25.0 Å². The summed E-state index contributed by atoms with van der Waals surface area (Å²) in [6.45, 7) is 3.23. The second-order valence-corrected chi connectivity index (χ2v) is 6.53. The molecule has 2 aliphatic rings. The van der Waals surface area contributed by atoms with Crippen LogP contribution in [0.2, 0.25) is 0 Å². The molecule has 3 heteroatoms. The lowest BCUT2D eigenvalue weighted by atomic mass is 9.78. The standard InChI is InChI=1S/C18H28N2O/c19-16-9-2-4-11-18(16)21-14-6-13-20-12-5-8-15-7-1-3-10-17(15)20/h2,4,9,11,15,17H,1,3,5-8,10,12-14,19H2/t15-,17-/m1/s1. The highest BCUT2D eigenvalue weighted by atomic mass is 16.5. The quantitative estimate of drug-likeness (QED) is 0.663. The summed E-state index contributed by atoms with van der Waals surface area (Å²) in [5.74, 6) is 1.80. The molecule has 2 fully saturated rings. The third-order valence-electron chi connectivity index (χ3n) is 5.12. The van der Waals surface area contributed by atoms with Crippen LogP contribution in [0, 0.1) is 5.92 Å². The molecule has 1 aromatic carbocycles. The molecule has 1 aliphatic heterocycles. The summed E-state index contributed by atoms with van der Waals surface area (Å²) in [5, 5.41) is 0. The summed E-state index contributed by atoms with van der Waals surface area (Å²) in [6, 6.07) is 8.62. The van der Waals surface area contributed by atoms with E-state index in [4.69, 9.17) is 10.5 Å². The molecule has 0 spiro atoms. The number of piperidine rings is 1. The minimum absolute atomic E-state index is 0.739. The maximum atomic E-state index is 5.90. The van der Waals surface area contributed by atoms with Gasteiger partial charge in [0.05, 0.1) is 12.3 Å². The van der Waals surface area contributed by atoms with Crippen LogP contribution < -0.4 is 10.5 Å². The Kier molecular flexibility index (Phi) is 5.02. The predicted molar refractivity (Wildman–Crippen MR) is 87.5 cm³/mol. The first kappa shape index (κ1) is 14.7. The lowest BCUT2D eigenvalue weighted by molar-refractivity contribution is 0.0569. The Balaban J connectivity index is 1.43. The average molecular weight is 288 g/mol. The first-order valence-electron chi connectivity index (χ1n) is 8.56. The number of nitrogen functional groups attached to an aromatic ring is 1. The summed E-state index contributed by atoms with van der Waals surface area (Å²) < 4.78 is 5.81. The Hall–Kier alpha value is -1.22. The van der Waals surface area contributed by atoms with E-state index in [1.165, 1.54) is 51.6 Å². The van der Waals surface area contributed by atoms with Gasteiger partial charge in [-0.3, -0.25) is 4.90 Å². The Morgan fingerprint density at radius 1 is 1.10 bits per heavy atom. The van der Waals surface area contributed by atoms with Gasteiger partial charge in [0.2, 0.25) is 0 Å². The first-order chi connectivity index (χ1) is 10.3. The molecule has 3 nitrogen and oxygen atoms in total. The van der Waals surface area contributed by atoms with Gasteiger partial charge in [0.25, 0.3) is 0 Å². The predicted octanol–water partition coefficient (Wildman–Crippen LogP) is 3.69. The Labute approximate surface area is 128 Å². The Morgan fingerprint density at radius 2 is 1.90 bits per heavy atom. The lowest BCUT2D eigenvalue weighted by Gasteiger charge is -2.44. The SMILES string of the molecule is Nc1ccccc1OCCCN1CCC[C@H]2CCCC[C@H]21. The second kappa shape index (κ2) is 7.17. The van der Waals surface area contributed by atoms with Gasteiger partial charge in [0.15, 0.2) is 0 Å². The van der Waals surface area contributed by atoms with E-state index in [-0.39, 0.29) is 0 Å². The van der Waals surface area contributed by atoms with Crippen molar-refractivity contribution in [3.8, 4) is 5.75 Å². The van der Waals surface area contributed by atoms with Crippen molar-refractivity contribution in [2.45, 2.75) is 51.0 Å². The summed E-state index contributed by atoms with van der Waals surface area (Å²) >= 11 is 0. The van der Waals surface area contributed by atoms with E-state index in [0.29, 0.717) is 0 Å². The van der Waals surface area contributed by atoms with Gasteiger partial charge >= 0.3 is 0 Å². The molecule has 1 heterocycles. The second-order valence-electron chi connectivity index (χ2n) is 6.53. The van der Waals surface area contributed by atoms with Crippen LogP contribution in [-0.4, -0.2) is 30.6 Å². The molecule has 0 amide bonds. The van der Waals surface area contributed by atoms with E-state index in [0.717, 1.165) is 36.4 Å². The molecular formula is C18H28N2O. The number of ether oxygens (including phenoxy) is 1. The average Bonchev–Trinajstić information content (AvgIpc) is 2.53. The highest BCUT2D eigenvalue weighted by Gasteiger charge is 2.32. The van der Waals surface area contributed by atoms with Crippen LogP contribution in [0.15, 0.2) is 24.3 Å². The molecule has 116 valence electrons. The zero-order chi connectivity index (χ0) is 14.5. The fourth-order valence-corrected chi connectivity index (χ4v) is 4.07. The van der Waals surface area contributed by atoms with Crippen molar-refractivity contribution < 1.29 is 4.74 Å². The molecule has 1 saturated heterocycles. The highest BCUT2D eigenvalue weighted by molar-refractivity contribution is 5.51. The molecule has 2 N–H and O–H groups in total. The van der Waals surface area contributed by atoms with Crippen molar-refractivity contribution in [2.24, 2.45) is 5.92 Å². The number of anilines is 1. The third-order valence-corrected chi connectivity index (χ3v) is 5.12. The number of nitrogens with zero attached hydrogens (tertiary/aromatic N) is 1. The number of rotatable bonds is 5. The van der Waals surface area contributed by atoms with E-state index in [1.54, 1.807) is 0 Å². The Bertz CT molecular complexity index is 447. The van der Waals surface area contributed by atoms with Crippen LogP contribution >= 0.6 is 0 Å². The number of fused-ring (bicyclic) bond motifs is 1. The summed E-state index contributed by atoms with van der Waals surface area (Å²) in [7, 11) is 0. The van der Waals surface area contributed by atoms with E-state index in [9.17, 15) is 0 Å². The summed E-state index contributed by atoms with van der Waals surface area (Å²) in [5.41, 5.74) is 6.64. The van der Waals surface area contributed by atoms with E-state index in [2.05, 4.69) is 4.90 Å². The topological polar surface area (TPSA) is 38.5 Å². The van der Waals surface area contributed by atoms with E-state index < -0.39 is 0 Å². The number of benzene rings is 1. The maximum absolute atomic E-state index is 5.90. The van der Waals surface area contributed by atoms with Crippen molar-refractivity contribution in [1.29, 1.82) is 0 Å². The molecule has 1 saturated carbocycles. The lowest BCUT2D eigenvalue weighted by Crippen LogP contribution is -2.47. The molecule has 3 rings (SSSR count). The van der Waals surface area contributed by atoms with Crippen LogP contribution in [-0.2, 0) is 0 Å². The van der Waals surface area contributed by atoms with Gasteiger partial charge in [-0.2, -0.15) is 0 Å². The minimum atomic E-state index is 0.739. The van der Waals surface area contributed by atoms with Crippen molar-refractivity contribution >= 4 is 5.69 Å². The summed E-state index contributed by atoms with van der Waals surface area (Å²) in [4.78, 5) is 2.73. The maximum Gasteiger partial charge on any atom is 0.142 e. The fourth-order valence-electron chi connectivity index (χ4n) is 4.07. The third kappa shape index (κ3) is 3.70. The van der Waals surface area contributed by atoms with Gasteiger partial charge < -0.3 is 10.5 Å². The van der Waals surface area contributed by atoms with Crippen LogP contribution in [0.3, 0.4) is 0 Å². The molecule has 0 bridgehead atoms.